The third-order valence-corrected chi connectivity index (χ3v) is 21.8. The van der Waals surface area contributed by atoms with Gasteiger partial charge in [-0.05, 0) is 78.4 Å². The first kappa shape index (κ1) is 115. The first-order chi connectivity index (χ1) is 45.9. The summed E-state index contributed by atoms with van der Waals surface area (Å²) in [4.78, 5) is 0. The minimum atomic E-state index is 0. The Bertz CT molecular complexity index is 996. The van der Waals surface area contributed by atoms with E-state index in [-0.39, 0.29) is 35.8 Å². The van der Waals surface area contributed by atoms with Crippen LogP contribution in [0.1, 0.15) is 577 Å². The monoisotopic (exact) mass is 1420 g/mol. The van der Waals surface area contributed by atoms with E-state index in [4.69, 9.17) is 0 Å². The highest BCUT2D eigenvalue weighted by molar-refractivity contribution is 7.59. The maximum atomic E-state index is 2.44. The molecule has 0 N–H and O–H groups in total. The van der Waals surface area contributed by atoms with Crippen LogP contribution in [-0.4, -0.2) is 0 Å². The van der Waals surface area contributed by atoms with E-state index in [9.17, 15) is 0 Å². The average Bonchev–Trinajstić information content (AvgIpc) is 1.48. The van der Waals surface area contributed by atoms with E-state index in [0.717, 1.165) is 59.2 Å². The van der Waals surface area contributed by atoms with Gasteiger partial charge in [0.25, 0.3) is 0 Å². The molecule has 9 fully saturated rings. The van der Waals surface area contributed by atoms with Crippen LogP contribution in [0.2, 0.25) is 0 Å². The van der Waals surface area contributed by atoms with Crippen LogP contribution in [0.25, 0.3) is 0 Å². The van der Waals surface area contributed by atoms with Crippen LogP contribution in [0.5, 0.6) is 0 Å². The normalized spacial score (nSPS) is 19.1. The quantitative estimate of drug-likeness (QED) is 0.101. The third-order valence-electron chi connectivity index (χ3n) is 21.8. The lowest BCUT2D eigenvalue weighted by molar-refractivity contribution is 0.286. The summed E-state index contributed by atoms with van der Waals surface area (Å²) in [6.07, 6.45) is 99.0. The van der Waals surface area contributed by atoms with Gasteiger partial charge in [0.05, 0.1) is 0 Å². The number of unbranched alkanes of at least 4 members (excludes halogenated alkanes) is 1. The smallest absolute Gasteiger partial charge is 0.0415 e. The Balaban J connectivity index is -0.000000152. The van der Waals surface area contributed by atoms with Gasteiger partial charge in [0.1, 0.15) is 0 Å². The van der Waals surface area contributed by atoms with E-state index < -0.39 is 0 Å². The van der Waals surface area contributed by atoms with Crippen LogP contribution in [-0.2, 0) is 0 Å². The summed E-state index contributed by atoms with van der Waals surface area (Å²) in [5.74, 6) is 9.03. The molecule has 0 aromatic carbocycles. The standard InChI is InChI=1S/C15H32.C12H26.C9H20.C7H16.8C6H12.C4H8.3CH4.H2S/c1-7-8-13(4)9-10-14(5)15(6)11-12(2)3;1-5-8-12(4)10-7-6-9-11(2)3;1-5-6-9(4)7-8(2)3;1-6(2)5-7(3)4;8*1-2-4-6-5-3-1;1-2-4-3-1;;;;/h12-15H,7-11H2,1-6H3;11-12H,5-10H2,1-4H3;8-9H,5-7H2,1-4H3;6-7H,5H2,1-4H3;8*1-6H2;1-4H2;3*1H4;1H2. The molecule has 0 heterocycles. The van der Waals surface area contributed by atoms with E-state index in [2.05, 4.69) is 125 Å². The molecular formula is C98H212S. The lowest BCUT2D eigenvalue weighted by Gasteiger charge is -2.23. The average molecular weight is 1420 g/mol. The van der Waals surface area contributed by atoms with Gasteiger partial charge >= 0.3 is 0 Å². The lowest BCUT2D eigenvalue weighted by Crippen LogP contribution is -2.12. The fraction of sp³-hybridized carbons (Fsp3) is 1.00. The SMILES string of the molecule is C.C.C.C1CCC1.C1CCCCC1.C1CCCCC1.C1CCCCC1.C1CCCCC1.C1CCCCC1.C1CCCCC1.C1CCCCC1.C1CCCCC1.CC(C)CC(C)C.CCCC(C)CC(C)C.CCCC(C)CCC(C)C(C)CC(C)C.CCCC(C)CCCCC(C)C.S. The minimum absolute atomic E-state index is 0. The number of rotatable bonds is 21. The molecule has 0 aromatic heterocycles. The van der Waals surface area contributed by atoms with Crippen LogP contribution >= 0.6 is 13.5 Å². The molecule has 0 aromatic rings. The van der Waals surface area contributed by atoms with Crippen molar-refractivity contribution in [2.45, 2.75) is 577 Å². The Morgan fingerprint density at radius 3 is 0.495 bits per heavy atom. The molecular weight excluding hydrogens is 1210 g/mol. The summed E-state index contributed by atoms with van der Waals surface area (Å²) in [5, 5.41) is 0. The summed E-state index contributed by atoms with van der Waals surface area (Å²) in [5.41, 5.74) is 0. The van der Waals surface area contributed by atoms with Gasteiger partial charge in [-0.25, -0.2) is 0 Å². The maximum Gasteiger partial charge on any atom is -0.0415 e. The number of hydrogen-bond donors (Lipinski definition) is 0. The highest BCUT2D eigenvalue weighted by Crippen LogP contribution is 2.27. The third kappa shape index (κ3) is 114. The Morgan fingerprint density at radius 1 is 0.162 bits per heavy atom. The number of hydrogen-bond acceptors (Lipinski definition) is 0. The van der Waals surface area contributed by atoms with Crippen molar-refractivity contribution >= 4 is 13.5 Å². The van der Waals surface area contributed by atoms with E-state index in [1.807, 2.05) is 0 Å². The van der Waals surface area contributed by atoms with Gasteiger partial charge in [0.2, 0.25) is 0 Å². The molecule has 9 aliphatic carbocycles. The van der Waals surface area contributed by atoms with Gasteiger partial charge in [-0.1, -0.05) is 558 Å². The van der Waals surface area contributed by atoms with E-state index in [1.54, 1.807) is 0 Å². The van der Waals surface area contributed by atoms with Crippen molar-refractivity contribution in [3.8, 4) is 0 Å². The fourth-order valence-electron chi connectivity index (χ4n) is 15.2. The van der Waals surface area contributed by atoms with Crippen LogP contribution in [0.4, 0.5) is 0 Å². The Hall–Kier alpha value is 0.350. The molecule has 5 unspecified atom stereocenters. The maximum absolute atomic E-state index is 2.44. The molecule has 9 aliphatic rings. The molecule has 0 nitrogen and oxygen atoms in total. The van der Waals surface area contributed by atoms with Crippen molar-refractivity contribution in [1.82, 2.24) is 0 Å². The minimum Gasteiger partial charge on any atom is -0.197 e. The Labute approximate surface area is 645 Å². The highest BCUT2D eigenvalue weighted by Gasteiger charge is 2.15. The Morgan fingerprint density at radius 2 is 0.333 bits per heavy atom. The van der Waals surface area contributed by atoms with Crippen molar-refractivity contribution in [2.75, 3.05) is 0 Å². The largest absolute Gasteiger partial charge is 0.197 e. The summed E-state index contributed by atoms with van der Waals surface area (Å²) in [6.45, 7) is 41.8. The van der Waals surface area contributed by atoms with Crippen LogP contribution in [0, 0.1) is 59.2 Å². The van der Waals surface area contributed by atoms with Gasteiger partial charge < -0.3 is 0 Å². The fourth-order valence-corrected chi connectivity index (χ4v) is 15.2. The predicted octanol–water partition coefficient (Wildman–Crippen LogP) is 38.6. The molecule has 99 heavy (non-hydrogen) atoms. The molecule has 9 saturated carbocycles. The molecule has 0 bridgehead atoms. The van der Waals surface area contributed by atoms with Gasteiger partial charge in [-0.3, -0.25) is 0 Å². The highest BCUT2D eigenvalue weighted by atomic mass is 32.1. The van der Waals surface area contributed by atoms with Crippen molar-refractivity contribution in [3.63, 3.8) is 0 Å². The first-order valence-corrected chi connectivity index (χ1v) is 45.9. The summed E-state index contributed by atoms with van der Waals surface area (Å²) < 4.78 is 0. The second-order valence-corrected chi connectivity index (χ2v) is 35.6. The summed E-state index contributed by atoms with van der Waals surface area (Å²) in [6, 6.07) is 0. The topological polar surface area (TPSA) is 0 Å². The zero-order chi connectivity index (χ0) is 71.1. The molecule has 9 rings (SSSR count). The van der Waals surface area contributed by atoms with E-state index >= 15 is 0 Å². The van der Waals surface area contributed by atoms with Crippen LogP contribution in [0.3, 0.4) is 0 Å². The molecule has 0 saturated heterocycles. The molecule has 5 atom stereocenters. The molecule has 0 aliphatic heterocycles. The summed E-state index contributed by atoms with van der Waals surface area (Å²) >= 11 is 0. The first-order valence-electron chi connectivity index (χ1n) is 45.9. The van der Waals surface area contributed by atoms with E-state index in [0.29, 0.717) is 0 Å². The van der Waals surface area contributed by atoms with E-state index in [1.165, 1.54) is 430 Å². The van der Waals surface area contributed by atoms with Crippen molar-refractivity contribution < 1.29 is 0 Å². The van der Waals surface area contributed by atoms with Crippen molar-refractivity contribution in [2.24, 2.45) is 59.2 Å². The van der Waals surface area contributed by atoms with Crippen molar-refractivity contribution in [3.05, 3.63) is 0 Å². The molecule has 0 amide bonds. The van der Waals surface area contributed by atoms with Gasteiger partial charge in [-0.2, -0.15) is 13.5 Å². The Kier molecular flexibility index (Phi) is 114. The predicted molar refractivity (Wildman–Crippen MR) is 477 cm³/mol. The molecule has 1 heteroatoms. The second-order valence-electron chi connectivity index (χ2n) is 35.6. The molecule has 0 radical (unpaired) electrons. The van der Waals surface area contributed by atoms with Crippen molar-refractivity contribution in [1.29, 1.82) is 0 Å². The molecule has 0 spiro atoms. The van der Waals surface area contributed by atoms with Crippen LogP contribution < -0.4 is 0 Å². The van der Waals surface area contributed by atoms with Gasteiger partial charge in [0, 0.05) is 0 Å². The second kappa shape index (κ2) is 98.3. The van der Waals surface area contributed by atoms with Crippen LogP contribution in [0.15, 0.2) is 0 Å². The lowest BCUT2D eigenvalue weighted by atomic mass is 9.83. The summed E-state index contributed by atoms with van der Waals surface area (Å²) in [7, 11) is 0. The van der Waals surface area contributed by atoms with Gasteiger partial charge in [-0.15, -0.1) is 0 Å². The van der Waals surface area contributed by atoms with Gasteiger partial charge in [0.15, 0.2) is 0 Å². The zero-order valence-corrected chi connectivity index (χ0v) is 72.6. The zero-order valence-electron chi connectivity index (χ0n) is 71.6. The molecule has 610 valence electrons.